The average molecular weight is 561 g/mol. The molecule has 3 aromatic rings. The lowest BCUT2D eigenvalue weighted by Crippen LogP contribution is -2.34. The molecule has 2 aromatic heterocycles. The van der Waals surface area contributed by atoms with Crippen LogP contribution in [0, 0.1) is 6.92 Å². The third kappa shape index (κ3) is 6.31. The summed E-state index contributed by atoms with van der Waals surface area (Å²) in [6.07, 6.45) is 4.21. The number of hydrogen-bond acceptors (Lipinski definition) is 10. The number of methoxy groups -OCH3 is 2. The molecule has 1 N–H and O–H groups in total. The molecule has 1 aromatic carbocycles. The number of nitrogens with one attached hydrogen (secondary N) is 1. The molecule has 0 bridgehead atoms. The van der Waals surface area contributed by atoms with Crippen LogP contribution < -0.4 is 14.2 Å². The fraction of sp³-hybridized carbons (Fsp3) is 0.538. The van der Waals surface area contributed by atoms with Crippen LogP contribution in [-0.2, 0) is 19.5 Å². The maximum Gasteiger partial charge on any atom is 0.243 e. The van der Waals surface area contributed by atoms with Gasteiger partial charge in [-0.25, -0.2) is 8.42 Å². The molecular weight excluding hydrogens is 524 g/mol. The maximum absolute atomic E-state index is 13.8. The summed E-state index contributed by atoms with van der Waals surface area (Å²) < 4.78 is 55.2. The van der Waals surface area contributed by atoms with E-state index < -0.39 is 21.4 Å². The molecule has 4 rings (SSSR count). The van der Waals surface area contributed by atoms with E-state index in [1.165, 1.54) is 20.4 Å². The summed E-state index contributed by atoms with van der Waals surface area (Å²) in [6, 6.07) is 5.30. The van der Waals surface area contributed by atoms with Crippen molar-refractivity contribution in [2.75, 3.05) is 25.5 Å². The van der Waals surface area contributed by atoms with Gasteiger partial charge in [-0.2, -0.15) is 0 Å². The minimum atomic E-state index is -4.09. The molecule has 39 heavy (non-hydrogen) atoms. The van der Waals surface area contributed by atoms with Crippen LogP contribution in [0.4, 0.5) is 5.95 Å². The van der Waals surface area contributed by atoms with Crippen LogP contribution in [0.3, 0.4) is 0 Å². The van der Waals surface area contributed by atoms with E-state index in [2.05, 4.69) is 24.9 Å². The van der Waals surface area contributed by atoms with Crippen molar-refractivity contribution in [1.29, 1.82) is 0 Å². The van der Waals surface area contributed by atoms with Crippen LogP contribution >= 0.6 is 0 Å². The normalized spacial score (nSPS) is 17.6. The zero-order valence-corrected chi connectivity index (χ0v) is 23.9. The van der Waals surface area contributed by atoms with E-state index in [1.54, 1.807) is 35.9 Å². The minimum absolute atomic E-state index is 0.0212. The van der Waals surface area contributed by atoms with Gasteiger partial charge in [-0.3, -0.25) is 19.3 Å². The Balaban J connectivity index is 1.79. The summed E-state index contributed by atoms with van der Waals surface area (Å²) in [4.78, 5) is 8.66. The highest BCUT2D eigenvalue weighted by atomic mass is 32.2. The van der Waals surface area contributed by atoms with Gasteiger partial charge in [0, 0.05) is 12.8 Å². The van der Waals surface area contributed by atoms with Crippen molar-refractivity contribution in [2.45, 2.75) is 70.5 Å². The molecule has 1 saturated heterocycles. The van der Waals surface area contributed by atoms with Crippen molar-refractivity contribution in [2.24, 2.45) is 0 Å². The second-order valence-electron chi connectivity index (χ2n) is 9.62. The SMILES string of the molecule is COc1cccc(OC)c1-n1c(NS(=O)(=O)[C@@H](C)[C@@H](OC(C)C)c2cnc(C)cn2)nnc1C1CCCCO1. The Morgan fingerprint density at radius 3 is 2.33 bits per heavy atom. The second kappa shape index (κ2) is 12.3. The highest BCUT2D eigenvalue weighted by Gasteiger charge is 2.36. The van der Waals surface area contributed by atoms with Gasteiger partial charge in [0.05, 0.1) is 37.9 Å². The molecule has 0 amide bonds. The number of nitrogens with zero attached hydrogens (tertiary/aromatic N) is 5. The third-order valence-corrected chi connectivity index (χ3v) is 8.13. The Morgan fingerprint density at radius 1 is 1.05 bits per heavy atom. The van der Waals surface area contributed by atoms with E-state index in [9.17, 15) is 8.42 Å². The first-order valence-electron chi connectivity index (χ1n) is 12.9. The van der Waals surface area contributed by atoms with Gasteiger partial charge in [0.15, 0.2) is 5.82 Å². The Bertz CT molecular complexity index is 1330. The van der Waals surface area contributed by atoms with Gasteiger partial charge in [-0.05, 0) is 59.1 Å². The monoisotopic (exact) mass is 560 g/mol. The molecule has 0 radical (unpaired) electrons. The highest BCUT2D eigenvalue weighted by molar-refractivity contribution is 7.93. The zero-order chi connectivity index (χ0) is 28.2. The predicted octanol–water partition coefficient (Wildman–Crippen LogP) is 3.92. The van der Waals surface area contributed by atoms with Crippen LogP contribution in [0.5, 0.6) is 11.5 Å². The van der Waals surface area contributed by atoms with E-state index in [4.69, 9.17) is 18.9 Å². The molecule has 1 aliphatic rings. The van der Waals surface area contributed by atoms with E-state index in [0.717, 1.165) is 19.3 Å². The summed E-state index contributed by atoms with van der Waals surface area (Å²) >= 11 is 0. The Kier molecular flexibility index (Phi) is 9.03. The molecule has 1 unspecified atom stereocenters. The maximum atomic E-state index is 13.8. The molecule has 0 spiro atoms. The number of para-hydroxylation sites is 1. The smallest absolute Gasteiger partial charge is 0.243 e. The molecule has 1 fully saturated rings. The zero-order valence-electron chi connectivity index (χ0n) is 23.1. The summed E-state index contributed by atoms with van der Waals surface area (Å²) in [5.41, 5.74) is 1.59. The first-order valence-corrected chi connectivity index (χ1v) is 14.4. The number of rotatable bonds is 11. The van der Waals surface area contributed by atoms with Crippen LogP contribution in [0.15, 0.2) is 30.6 Å². The number of benzene rings is 1. The van der Waals surface area contributed by atoms with E-state index >= 15 is 0 Å². The average Bonchev–Trinajstić information content (AvgIpc) is 3.33. The van der Waals surface area contributed by atoms with E-state index in [1.807, 2.05) is 20.8 Å². The summed E-state index contributed by atoms with van der Waals surface area (Å²) in [7, 11) is -1.03. The number of aryl methyl sites for hydroxylation is 1. The lowest BCUT2D eigenvalue weighted by atomic mass is 10.1. The first kappa shape index (κ1) is 28.7. The third-order valence-electron chi connectivity index (χ3n) is 6.44. The van der Waals surface area contributed by atoms with Crippen molar-refractivity contribution in [3.8, 4) is 17.2 Å². The molecule has 12 nitrogen and oxygen atoms in total. The van der Waals surface area contributed by atoms with Crippen molar-refractivity contribution >= 4 is 16.0 Å². The lowest BCUT2D eigenvalue weighted by Gasteiger charge is -2.27. The Hall–Kier alpha value is -3.29. The van der Waals surface area contributed by atoms with Crippen molar-refractivity contribution < 1.29 is 27.4 Å². The van der Waals surface area contributed by atoms with Crippen molar-refractivity contribution in [1.82, 2.24) is 24.7 Å². The Labute approximate surface area is 229 Å². The molecule has 1 aliphatic heterocycles. The van der Waals surface area contributed by atoms with Gasteiger partial charge in [0.1, 0.15) is 34.6 Å². The summed E-state index contributed by atoms with van der Waals surface area (Å²) in [6.45, 7) is 7.62. The van der Waals surface area contributed by atoms with Gasteiger partial charge in [-0.15, -0.1) is 10.2 Å². The molecule has 0 saturated carbocycles. The van der Waals surface area contributed by atoms with Gasteiger partial charge >= 0.3 is 0 Å². The number of hydrogen-bond donors (Lipinski definition) is 1. The van der Waals surface area contributed by atoms with Crippen LogP contribution in [0.1, 0.15) is 69.5 Å². The Morgan fingerprint density at radius 2 is 1.77 bits per heavy atom. The fourth-order valence-corrected chi connectivity index (χ4v) is 5.54. The lowest BCUT2D eigenvalue weighted by molar-refractivity contribution is 0.00392. The van der Waals surface area contributed by atoms with Crippen molar-refractivity contribution in [3.05, 3.63) is 47.8 Å². The number of anilines is 1. The largest absolute Gasteiger partial charge is 0.494 e. The van der Waals surface area contributed by atoms with Gasteiger partial charge in [-0.1, -0.05) is 6.07 Å². The molecular formula is C26H36N6O6S. The second-order valence-corrected chi connectivity index (χ2v) is 11.7. The fourth-order valence-electron chi connectivity index (χ4n) is 4.43. The summed E-state index contributed by atoms with van der Waals surface area (Å²) in [5.74, 6) is 1.33. The predicted molar refractivity (Wildman–Crippen MR) is 145 cm³/mol. The number of sulfonamides is 1. The first-order chi connectivity index (χ1) is 18.7. The summed E-state index contributed by atoms with van der Waals surface area (Å²) in [5, 5.41) is 7.56. The highest BCUT2D eigenvalue weighted by Crippen LogP contribution is 2.39. The standard InChI is InChI=1S/C26H36N6O6S/c1-16(2)38-24(19-15-27-17(3)14-28-19)18(4)39(33,34)31-26-30-29-25(22-10-7-8-13-37-22)32(26)23-20(35-5)11-9-12-21(23)36-6/h9,11-12,14-16,18,22,24H,7-8,10,13H2,1-6H3,(H,30,31)/t18-,22?,24+/m0/s1. The van der Waals surface area contributed by atoms with Gasteiger partial charge < -0.3 is 18.9 Å². The number of ether oxygens (including phenoxy) is 4. The molecule has 0 aliphatic carbocycles. The molecule has 13 heteroatoms. The van der Waals surface area contributed by atoms with Gasteiger partial charge in [0.2, 0.25) is 16.0 Å². The molecule has 212 valence electrons. The van der Waals surface area contributed by atoms with Crippen LogP contribution in [0.2, 0.25) is 0 Å². The molecule has 3 heterocycles. The molecule has 3 atom stereocenters. The van der Waals surface area contributed by atoms with Crippen LogP contribution in [0.25, 0.3) is 5.69 Å². The van der Waals surface area contributed by atoms with Gasteiger partial charge in [0.25, 0.3) is 0 Å². The quantitative estimate of drug-likeness (QED) is 0.367. The minimum Gasteiger partial charge on any atom is -0.494 e. The van der Waals surface area contributed by atoms with E-state index in [0.29, 0.717) is 41.0 Å². The van der Waals surface area contributed by atoms with Crippen LogP contribution in [-0.4, -0.2) is 65.3 Å². The van der Waals surface area contributed by atoms with Crippen molar-refractivity contribution in [3.63, 3.8) is 0 Å². The van der Waals surface area contributed by atoms with E-state index in [-0.39, 0.29) is 18.2 Å². The number of aromatic nitrogens is 5. The topological polar surface area (TPSA) is 140 Å².